The number of hydrogen-bond acceptors (Lipinski definition) is 5. The van der Waals surface area contributed by atoms with Crippen molar-refractivity contribution >= 4 is 11.3 Å². The number of nitrogens with zero attached hydrogens (tertiary/aromatic N) is 2. The highest BCUT2D eigenvalue weighted by Crippen LogP contribution is 2.30. The Balaban J connectivity index is 1.58. The van der Waals surface area contributed by atoms with Crippen LogP contribution in [-0.4, -0.2) is 10.2 Å². The molecule has 4 rings (SSSR count). The largest absolute Gasteiger partial charge is 0.419 e. The zero-order valence-corrected chi connectivity index (χ0v) is 17.0. The molecule has 0 bridgehead atoms. The average molecular weight is 390 g/mol. The Morgan fingerprint density at radius 2 is 1.75 bits per heavy atom. The molecule has 2 aromatic heterocycles. The quantitative estimate of drug-likeness (QED) is 0.449. The van der Waals surface area contributed by atoms with Gasteiger partial charge in [-0.1, -0.05) is 53.6 Å². The van der Waals surface area contributed by atoms with Gasteiger partial charge >= 0.3 is 0 Å². The van der Waals surface area contributed by atoms with Gasteiger partial charge in [-0.05, 0) is 49.9 Å². The fourth-order valence-corrected chi connectivity index (χ4v) is 3.99. The normalized spacial score (nSPS) is 13.4. The molecule has 0 radical (unpaired) electrons. The molecule has 2 heterocycles. The standard InChI is InChI=1S/C23H23N3OS/c1-15-9-11-18(12-10-15)21(20-8-5-13-28-20)24-17(3)22-25-26-23(27-22)19-7-4-6-16(2)14-19/h4-14,17,21,24H,1-3H3/t17-,21-/m0/s1. The Morgan fingerprint density at radius 1 is 0.929 bits per heavy atom. The third-order valence-corrected chi connectivity index (χ3v) is 5.67. The molecule has 5 heteroatoms. The molecular formula is C23H23N3OS. The molecule has 4 aromatic rings. The van der Waals surface area contributed by atoms with Gasteiger partial charge in [0.25, 0.3) is 0 Å². The zero-order chi connectivity index (χ0) is 19.5. The number of hydrogen-bond donors (Lipinski definition) is 1. The highest BCUT2D eigenvalue weighted by Gasteiger charge is 2.22. The molecule has 2 atom stereocenters. The number of thiophene rings is 1. The van der Waals surface area contributed by atoms with Crippen molar-refractivity contribution in [3.8, 4) is 11.5 Å². The summed E-state index contributed by atoms with van der Waals surface area (Å²) in [6, 6.07) is 20.9. The monoisotopic (exact) mass is 389 g/mol. The van der Waals surface area contributed by atoms with Crippen molar-refractivity contribution in [2.24, 2.45) is 0 Å². The molecule has 142 valence electrons. The predicted molar refractivity (Wildman–Crippen MR) is 113 cm³/mol. The third-order valence-electron chi connectivity index (χ3n) is 4.73. The van der Waals surface area contributed by atoms with Crippen LogP contribution in [0, 0.1) is 13.8 Å². The minimum Gasteiger partial charge on any atom is -0.419 e. The smallest absolute Gasteiger partial charge is 0.247 e. The van der Waals surface area contributed by atoms with E-state index in [-0.39, 0.29) is 12.1 Å². The molecule has 0 unspecified atom stereocenters. The van der Waals surface area contributed by atoms with Crippen LogP contribution >= 0.6 is 11.3 Å². The van der Waals surface area contributed by atoms with Gasteiger partial charge in [0, 0.05) is 10.4 Å². The van der Waals surface area contributed by atoms with Crippen LogP contribution in [0.2, 0.25) is 0 Å². The van der Waals surface area contributed by atoms with Gasteiger partial charge in [0.2, 0.25) is 11.8 Å². The summed E-state index contributed by atoms with van der Waals surface area (Å²) < 4.78 is 5.98. The van der Waals surface area contributed by atoms with Crippen molar-refractivity contribution < 1.29 is 4.42 Å². The maximum Gasteiger partial charge on any atom is 0.247 e. The van der Waals surface area contributed by atoms with Crippen molar-refractivity contribution in [3.63, 3.8) is 0 Å². The van der Waals surface area contributed by atoms with E-state index in [4.69, 9.17) is 4.42 Å². The van der Waals surface area contributed by atoms with Crippen molar-refractivity contribution in [3.05, 3.63) is 93.5 Å². The summed E-state index contributed by atoms with van der Waals surface area (Å²) in [6.45, 7) is 6.21. The van der Waals surface area contributed by atoms with Gasteiger partial charge in [-0.2, -0.15) is 0 Å². The highest BCUT2D eigenvalue weighted by atomic mass is 32.1. The number of aromatic nitrogens is 2. The first kappa shape index (κ1) is 18.6. The fraction of sp³-hybridized carbons (Fsp3) is 0.217. The molecule has 0 saturated carbocycles. The number of rotatable bonds is 6. The number of nitrogens with one attached hydrogen (secondary N) is 1. The van der Waals surface area contributed by atoms with E-state index in [9.17, 15) is 0 Å². The van der Waals surface area contributed by atoms with Gasteiger partial charge in [-0.15, -0.1) is 21.5 Å². The average Bonchev–Trinajstić information content (AvgIpc) is 3.39. The predicted octanol–water partition coefficient (Wildman–Crippen LogP) is 5.86. The highest BCUT2D eigenvalue weighted by molar-refractivity contribution is 7.10. The van der Waals surface area contributed by atoms with Crippen molar-refractivity contribution in [1.82, 2.24) is 15.5 Å². The number of benzene rings is 2. The summed E-state index contributed by atoms with van der Waals surface area (Å²) in [5, 5.41) is 14.3. The Hall–Kier alpha value is -2.76. The molecule has 0 saturated heterocycles. The maximum atomic E-state index is 5.98. The van der Waals surface area contributed by atoms with Gasteiger partial charge in [-0.3, -0.25) is 5.32 Å². The second kappa shape index (κ2) is 8.09. The van der Waals surface area contributed by atoms with E-state index in [1.54, 1.807) is 11.3 Å². The molecule has 0 aliphatic rings. The van der Waals surface area contributed by atoms with E-state index in [0.29, 0.717) is 11.8 Å². The minimum atomic E-state index is -0.0838. The summed E-state index contributed by atoms with van der Waals surface area (Å²) in [6.07, 6.45) is 0. The molecule has 0 spiro atoms. The summed E-state index contributed by atoms with van der Waals surface area (Å²) >= 11 is 1.74. The van der Waals surface area contributed by atoms with Gasteiger partial charge in [0.1, 0.15) is 0 Å². The first-order valence-corrected chi connectivity index (χ1v) is 10.2. The molecule has 4 nitrogen and oxygen atoms in total. The van der Waals surface area contributed by atoms with E-state index < -0.39 is 0 Å². The summed E-state index contributed by atoms with van der Waals surface area (Å²) in [7, 11) is 0. The van der Waals surface area contributed by atoms with E-state index in [1.165, 1.54) is 21.6 Å². The Bertz CT molecular complexity index is 1040. The molecule has 0 aliphatic carbocycles. The Kier molecular flexibility index (Phi) is 5.37. The molecule has 2 aromatic carbocycles. The third kappa shape index (κ3) is 4.06. The van der Waals surface area contributed by atoms with Crippen LogP contribution in [0.4, 0.5) is 0 Å². The molecular weight excluding hydrogens is 366 g/mol. The van der Waals surface area contributed by atoms with Gasteiger partial charge in [-0.25, -0.2) is 0 Å². The summed E-state index contributed by atoms with van der Waals surface area (Å²) in [5.74, 6) is 1.14. The van der Waals surface area contributed by atoms with Crippen LogP contribution in [-0.2, 0) is 0 Å². The molecule has 28 heavy (non-hydrogen) atoms. The van der Waals surface area contributed by atoms with E-state index in [0.717, 1.165) is 5.56 Å². The lowest BCUT2D eigenvalue weighted by Gasteiger charge is -2.21. The summed E-state index contributed by atoms with van der Waals surface area (Å²) in [4.78, 5) is 1.26. The SMILES string of the molecule is Cc1ccc([C@H](N[C@@H](C)c2nnc(-c3cccc(C)c3)o2)c2cccs2)cc1. The molecule has 0 amide bonds. The van der Waals surface area contributed by atoms with Crippen molar-refractivity contribution in [1.29, 1.82) is 0 Å². The van der Waals surface area contributed by atoms with Crippen LogP contribution in [0.1, 0.15) is 46.5 Å². The Labute approximate surface area is 169 Å². The van der Waals surface area contributed by atoms with Gasteiger partial charge < -0.3 is 4.42 Å². The molecule has 0 aliphatic heterocycles. The maximum absolute atomic E-state index is 5.98. The number of aryl methyl sites for hydroxylation is 2. The molecule has 0 fully saturated rings. The zero-order valence-electron chi connectivity index (χ0n) is 16.2. The van der Waals surface area contributed by atoms with E-state index in [1.807, 2.05) is 12.1 Å². The lowest BCUT2D eigenvalue weighted by molar-refractivity contribution is 0.405. The van der Waals surface area contributed by atoms with Crippen molar-refractivity contribution in [2.45, 2.75) is 32.9 Å². The first-order chi connectivity index (χ1) is 13.6. The topological polar surface area (TPSA) is 51.0 Å². The second-order valence-electron chi connectivity index (χ2n) is 7.06. The minimum absolute atomic E-state index is 0.0740. The lowest BCUT2D eigenvalue weighted by atomic mass is 10.0. The van der Waals surface area contributed by atoms with Crippen LogP contribution in [0.3, 0.4) is 0 Å². The van der Waals surface area contributed by atoms with Crippen LogP contribution in [0.5, 0.6) is 0 Å². The van der Waals surface area contributed by atoms with E-state index >= 15 is 0 Å². The van der Waals surface area contributed by atoms with Crippen molar-refractivity contribution in [2.75, 3.05) is 0 Å². The second-order valence-corrected chi connectivity index (χ2v) is 8.04. The van der Waals surface area contributed by atoms with E-state index in [2.05, 4.69) is 90.2 Å². The first-order valence-electron chi connectivity index (χ1n) is 9.36. The fourth-order valence-electron chi connectivity index (χ4n) is 3.18. The van der Waals surface area contributed by atoms with Gasteiger partial charge in [0.15, 0.2) is 0 Å². The van der Waals surface area contributed by atoms with Crippen LogP contribution in [0.15, 0.2) is 70.5 Å². The van der Waals surface area contributed by atoms with Gasteiger partial charge in [0.05, 0.1) is 12.1 Å². The summed E-state index contributed by atoms with van der Waals surface area (Å²) in [5.41, 5.74) is 4.58. The lowest BCUT2D eigenvalue weighted by Crippen LogP contribution is -2.25. The van der Waals surface area contributed by atoms with Crippen LogP contribution in [0.25, 0.3) is 11.5 Å². The Morgan fingerprint density at radius 3 is 2.46 bits per heavy atom. The van der Waals surface area contributed by atoms with Crippen LogP contribution < -0.4 is 5.32 Å². The molecule has 1 N–H and O–H groups in total.